The fourth-order valence-corrected chi connectivity index (χ4v) is 3.20. The normalized spacial score (nSPS) is 25.0. The average Bonchev–Trinajstić information content (AvgIpc) is 2.59. The molecule has 0 radical (unpaired) electrons. The third-order valence-electron chi connectivity index (χ3n) is 2.78. The first-order valence-corrected chi connectivity index (χ1v) is 7.14. The van der Waals surface area contributed by atoms with Gasteiger partial charge in [0.15, 0.2) is 0 Å². The number of hydrogen-bond acceptors (Lipinski definition) is 3. The molecule has 0 bridgehead atoms. The van der Waals surface area contributed by atoms with Crippen molar-refractivity contribution in [2.45, 2.75) is 50.8 Å². The highest BCUT2D eigenvalue weighted by Gasteiger charge is 2.28. The van der Waals surface area contributed by atoms with Gasteiger partial charge in [0.1, 0.15) is 0 Å². The van der Waals surface area contributed by atoms with Crippen molar-refractivity contribution in [1.82, 2.24) is 10.6 Å². The van der Waals surface area contributed by atoms with Crippen molar-refractivity contribution in [2.75, 3.05) is 18.8 Å². The molecule has 1 atom stereocenters. The van der Waals surface area contributed by atoms with Crippen LogP contribution in [0, 0.1) is 0 Å². The van der Waals surface area contributed by atoms with Crippen molar-refractivity contribution in [3.63, 3.8) is 0 Å². The first kappa shape index (κ1) is 13.8. The van der Waals surface area contributed by atoms with Gasteiger partial charge in [0, 0.05) is 30.3 Å². The molecule has 0 spiro atoms. The van der Waals surface area contributed by atoms with Crippen LogP contribution in [0.25, 0.3) is 0 Å². The first-order chi connectivity index (χ1) is 7.52. The van der Waals surface area contributed by atoms with Gasteiger partial charge in [0.25, 0.3) is 0 Å². The van der Waals surface area contributed by atoms with Crippen LogP contribution in [0.15, 0.2) is 0 Å². The summed E-state index contributed by atoms with van der Waals surface area (Å²) in [4.78, 5) is 11.4. The van der Waals surface area contributed by atoms with Gasteiger partial charge < -0.3 is 10.6 Å². The molecule has 1 rings (SSSR count). The van der Waals surface area contributed by atoms with E-state index in [9.17, 15) is 4.79 Å². The maximum Gasteiger partial charge on any atom is 0.221 e. The number of rotatable bonds is 6. The van der Waals surface area contributed by atoms with E-state index in [0.717, 1.165) is 13.1 Å². The number of carbonyl (C=O) groups excluding carboxylic acids is 1. The molecule has 0 aromatic rings. The van der Waals surface area contributed by atoms with Crippen molar-refractivity contribution in [3.05, 3.63) is 0 Å². The Labute approximate surface area is 103 Å². The maximum absolute atomic E-state index is 11.4. The summed E-state index contributed by atoms with van der Waals surface area (Å²) < 4.78 is 0.397. The second kappa shape index (κ2) is 6.50. The van der Waals surface area contributed by atoms with Crippen LogP contribution in [0.5, 0.6) is 0 Å². The molecule has 1 fully saturated rings. The topological polar surface area (TPSA) is 41.1 Å². The molecule has 1 saturated heterocycles. The second-order valence-electron chi connectivity index (χ2n) is 5.05. The third-order valence-corrected chi connectivity index (χ3v) is 4.32. The predicted molar refractivity (Wildman–Crippen MR) is 70.9 cm³/mol. The van der Waals surface area contributed by atoms with E-state index in [1.54, 1.807) is 0 Å². The monoisotopic (exact) mass is 244 g/mol. The minimum absolute atomic E-state index is 0.145. The first-order valence-electron chi connectivity index (χ1n) is 6.16. The number of thioether (sulfide) groups is 1. The van der Waals surface area contributed by atoms with Crippen LogP contribution in [0.3, 0.4) is 0 Å². The van der Waals surface area contributed by atoms with E-state index in [1.807, 2.05) is 13.8 Å². The largest absolute Gasteiger partial charge is 0.354 e. The summed E-state index contributed by atoms with van der Waals surface area (Å²) in [6.45, 7) is 8.09. The van der Waals surface area contributed by atoms with Gasteiger partial charge in [0.05, 0.1) is 0 Å². The lowest BCUT2D eigenvalue weighted by atomic mass is 10.1. The van der Waals surface area contributed by atoms with Gasteiger partial charge in [0.2, 0.25) is 5.91 Å². The van der Waals surface area contributed by atoms with E-state index >= 15 is 0 Å². The minimum Gasteiger partial charge on any atom is -0.354 e. The van der Waals surface area contributed by atoms with Crippen LogP contribution < -0.4 is 10.6 Å². The van der Waals surface area contributed by atoms with Gasteiger partial charge in [-0.2, -0.15) is 11.8 Å². The van der Waals surface area contributed by atoms with E-state index in [-0.39, 0.29) is 11.9 Å². The summed E-state index contributed by atoms with van der Waals surface area (Å²) in [5.74, 6) is 1.43. The van der Waals surface area contributed by atoms with Crippen molar-refractivity contribution in [3.8, 4) is 0 Å². The maximum atomic E-state index is 11.4. The Bertz CT molecular complexity index is 225. The number of hydrogen-bond donors (Lipinski definition) is 2. The Balaban J connectivity index is 2.05. The van der Waals surface area contributed by atoms with Gasteiger partial charge in [-0.3, -0.25) is 4.79 Å². The van der Waals surface area contributed by atoms with E-state index in [2.05, 4.69) is 29.3 Å². The Morgan fingerprint density at radius 2 is 2.25 bits per heavy atom. The van der Waals surface area contributed by atoms with E-state index in [4.69, 9.17) is 0 Å². The van der Waals surface area contributed by atoms with Gasteiger partial charge in [-0.25, -0.2) is 0 Å². The molecule has 0 aromatic heterocycles. The summed E-state index contributed by atoms with van der Waals surface area (Å²) in [5.41, 5.74) is 0. The fraction of sp³-hybridized carbons (Fsp3) is 0.917. The van der Waals surface area contributed by atoms with Crippen molar-refractivity contribution >= 4 is 17.7 Å². The zero-order valence-electron chi connectivity index (χ0n) is 10.6. The lowest BCUT2D eigenvalue weighted by Crippen LogP contribution is -2.36. The molecule has 2 N–H and O–H groups in total. The van der Waals surface area contributed by atoms with E-state index < -0.39 is 0 Å². The highest BCUT2D eigenvalue weighted by molar-refractivity contribution is 8.00. The Morgan fingerprint density at radius 1 is 1.50 bits per heavy atom. The van der Waals surface area contributed by atoms with Gasteiger partial charge in [-0.15, -0.1) is 0 Å². The van der Waals surface area contributed by atoms with Crippen LogP contribution in [-0.2, 0) is 4.79 Å². The van der Waals surface area contributed by atoms with Crippen LogP contribution in [0.4, 0.5) is 0 Å². The summed E-state index contributed by atoms with van der Waals surface area (Å²) in [6.07, 6.45) is 3.21. The van der Waals surface area contributed by atoms with E-state index in [1.165, 1.54) is 18.6 Å². The van der Waals surface area contributed by atoms with Gasteiger partial charge in [-0.1, -0.05) is 0 Å². The Morgan fingerprint density at radius 3 is 2.81 bits per heavy atom. The Hall–Kier alpha value is -0.220. The molecule has 1 heterocycles. The highest BCUT2D eigenvalue weighted by atomic mass is 32.2. The molecule has 1 amide bonds. The van der Waals surface area contributed by atoms with Crippen molar-refractivity contribution in [1.29, 1.82) is 0 Å². The van der Waals surface area contributed by atoms with Gasteiger partial charge in [-0.05, 0) is 39.4 Å². The van der Waals surface area contributed by atoms with Crippen LogP contribution in [0.2, 0.25) is 0 Å². The summed E-state index contributed by atoms with van der Waals surface area (Å²) in [5, 5.41) is 6.29. The molecule has 3 nitrogen and oxygen atoms in total. The van der Waals surface area contributed by atoms with Crippen molar-refractivity contribution in [2.24, 2.45) is 0 Å². The molecule has 0 aliphatic carbocycles. The molecule has 4 heteroatoms. The SMILES string of the molecule is CC(C)NC(=O)CCNCC1(C)CCCS1. The molecular formula is C12H24N2OS. The van der Waals surface area contributed by atoms with Gasteiger partial charge >= 0.3 is 0 Å². The molecule has 1 aliphatic heterocycles. The second-order valence-corrected chi connectivity index (χ2v) is 6.73. The molecule has 1 aliphatic rings. The Kier molecular flexibility index (Phi) is 5.62. The summed E-state index contributed by atoms with van der Waals surface area (Å²) >= 11 is 2.05. The summed E-state index contributed by atoms with van der Waals surface area (Å²) in [6, 6.07) is 0.246. The number of amides is 1. The number of carbonyl (C=O) groups is 1. The lowest BCUT2D eigenvalue weighted by Gasteiger charge is -2.22. The average molecular weight is 244 g/mol. The van der Waals surface area contributed by atoms with Crippen LogP contribution in [-0.4, -0.2) is 35.5 Å². The molecule has 0 saturated carbocycles. The highest BCUT2D eigenvalue weighted by Crippen LogP contribution is 2.36. The molecular weight excluding hydrogens is 220 g/mol. The van der Waals surface area contributed by atoms with Crippen LogP contribution in [0.1, 0.15) is 40.0 Å². The summed E-state index contributed by atoms with van der Waals surface area (Å²) in [7, 11) is 0. The fourth-order valence-electron chi connectivity index (χ4n) is 1.93. The number of nitrogens with one attached hydrogen (secondary N) is 2. The zero-order chi connectivity index (χ0) is 12.0. The zero-order valence-corrected chi connectivity index (χ0v) is 11.5. The smallest absolute Gasteiger partial charge is 0.221 e. The molecule has 0 aromatic carbocycles. The van der Waals surface area contributed by atoms with Crippen molar-refractivity contribution < 1.29 is 4.79 Å². The third kappa shape index (κ3) is 5.21. The van der Waals surface area contributed by atoms with Crippen LogP contribution >= 0.6 is 11.8 Å². The lowest BCUT2D eigenvalue weighted by molar-refractivity contribution is -0.121. The minimum atomic E-state index is 0.145. The quantitative estimate of drug-likeness (QED) is 0.700. The van der Waals surface area contributed by atoms with E-state index in [0.29, 0.717) is 11.2 Å². The predicted octanol–water partition coefficient (Wildman–Crippen LogP) is 1.78. The molecule has 16 heavy (non-hydrogen) atoms. The standard InChI is InChI=1S/C12H24N2OS/c1-10(2)14-11(15)5-7-13-9-12(3)6-4-8-16-12/h10,13H,4-9H2,1-3H3,(H,14,15). The molecule has 1 unspecified atom stereocenters. The molecule has 94 valence electrons.